The third-order valence-electron chi connectivity index (χ3n) is 5.76. The Kier molecular flexibility index (Phi) is 6.04. The van der Waals surface area contributed by atoms with Crippen molar-refractivity contribution in [2.45, 2.75) is 50.5 Å². The van der Waals surface area contributed by atoms with Crippen molar-refractivity contribution in [3.8, 4) is 11.4 Å². The van der Waals surface area contributed by atoms with E-state index in [0.717, 1.165) is 30.9 Å². The van der Waals surface area contributed by atoms with E-state index in [-0.39, 0.29) is 16.4 Å². The Hall–Kier alpha value is -2.42. The van der Waals surface area contributed by atoms with Gasteiger partial charge in [-0.2, -0.15) is 0 Å². The fourth-order valence-corrected chi connectivity index (χ4v) is 5.23. The standard InChI is InChI=1S/C23H28ClN5O2S/c1-15-26-27-22(29(15)18-11-12-25-14-18)20-13-17(24)7-10-21(20)28-32(30,31)19-8-5-16(6-9-19)23(2,3)4/h5-10,13,18,25,28H,11-12,14H2,1-4H3/t18-/m0/s1. The molecule has 3 aromatic rings. The molecule has 1 fully saturated rings. The van der Waals surface area contributed by atoms with E-state index < -0.39 is 10.0 Å². The molecule has 0 amide bonds. The number of halogens is 1. The molecule has 0 spiro atoms. The maximum Gasteiger partial charge on any atom is 0.261 e. The number of anilines is 1. The normalized spacial score (nSPS) is 17.0. The average molecular weight is 474 g/mol. The molecule has 170 valence electrons. The Morgan fingerprint density at radius 2 is 1.84 bits per heavy atom. The minimum Gasteiger partial charge on any atom is -0.315 e. The summed E-state index contributed by atoms with van der Waals surface area (Å²) in [5, 5.41) is 12.5. The summed E-state index contributed by atoms with van der Waals surface area (Å²) in [7, 11) is -3.81. The molecule has 1 saturated heterocycles. The van der Waals surface area contributed by atoms with Gasteiger partial charge in [0.15, 0.2) is 5.82 Å². The molecule has 9 heteroatoms. The van der Waals surface area contributed by atoms with Crippen molar-refractivity contribution in [3.63, 3.8) is 0 Å². The minimum absolute atomic E-state index is 0.0594. The van der Waals surface area contributed by atoms with Crippen LogP contribution in [0.3, 0.4) is 0 Å². The monoisotopic (exact) mass is 473 g/mol. The lowest BCUT2D eigenvalue weighted by Gasteiger charge is -2.20. The zero-order valence-electron chi connectivity index (χ0n) is 18.7. The van der Waals surface area contributed by atoms with Gasteiger partial charge in [0.05, 0.1) is 16.6 Å². The number of benzene rings is 2. The van der Waals surface area contributed by atoms with E-state index in [0.29, 0.717) is 22.1 Å². The second-order valence-electron chi connectivity index (χ2n) is 9.16. The molecule has 0 aliphatic carbocycles. The molecule has 4 rings (SSSR count). The number of nitrogens with zero attached hydrogens (tertiary/aromatic N) is 3. The SMILES string of the molecule is Cc1nnc(-c2cc(Cl)ccc2NS(=O)(=O)c2ccc(C(C)(C)C)cc2)n1[C@H]1CCNC1. The van der Waals surface area contributed by atoms with Crippen molar-refractivity contribution >= 4 is 27.3 Å². The Bertz CT molecular complexity index is 1220. The average Bonchev–Trinajstić information content (AvgIpc) is 3.38. The van der Waals surface area contributed by atoms with Crippen LogP contribution in [-0.4, -0.2) is 36.3 Å². The lowest BCUT2D eigenvalue weighted by molar-refractivity contribution is 0.537. The van der Waals surface area contributed by atoms with E-state index in [4.69, 9.17) is 11.6 Å². The first-order valence-electron chi connectivity index (χ1n) is 10.6. The van der Waals surface area contributed by atoms with Crippen LogP contribution in [-0.2, 0) is 15.4 Å². The summed E-state index contributed by atoms with van der Waals surface area (Å²) in [6.07, 6.45) is 0.952. The van der Waals surface area contributed by atoms with Crippen LogP contribution in [0.25, 0.3) is 11.4 Å². The van der Waals surface area contributed by atoms with Crippen LogP contribution in [0.15, 0.2) is 47.4 Å². The maximum absolute atomic E-state index is 13.2. The third kappa shape index (κ3) is 4.53. The first-order chi connectivity index (χ1) is 15.1. The topological polar surface area (TPSA) is 88.9 Å². The van der Waals surface area contributed by atoms with Crippen molar-refractivity contribution in [1.82, 2.24) is 20.1 Å². The molecule has 7 nitrogen and oxygen atoms in total. The van der Waals surface area contributed by atoms with Gasteiger partial charge < -0.3 is 9.88 Å². The van der Waals surface area contributed by atoms with Gasteiger partial charge in [0.2, 0.25) is 0 Å². The predicted octanol–water partition coefficient (Wildman–Crippen LogP) is 4.54. The highest BCUT2D eigenvalue weighted by Crippen LogP contribution is 2.34. The highest BCUT2D eigenvalue weighted by molar-refractivity contribution is 7.92. The van der Waals surface area contributed by atoms with Gasteiger partial charge in [0.1, 0.15) is 5.82 Å². The van der Waals surface area contributed by atoms with Crippen LogP contribution in [0.5, 0.6) is 0 Å². The Morgan fingerprint density at radius 3 is 2.47 bits per heavy atom. The molecule has 0 bridgehead atoms. The molecule has 0 radical (unpaired) electrons. The van der Waals surface area contributed by atoms with Crippen LogP contribution in [0.1, 0.15) is 44.6 Å². The molecule has 2 heterocycles. The van der Waals surface area contributed by atoms with Crippen molar-refractivity contribution < 1.29 is 8.42 Å². The first kappa shape index (κ1) is 22.8. The van der Waals surface area contributed by atoms with Crippen LogP contribution in [0.4, 0.5) is 5.69 Å². The molecule has 1 aliphatic heterocycles. The second-order valence-corrected chi connectivity index (χ2v) is 11.3. The number of aryl methyl sites for hydroxylation is 1. The van der Waals surface area contributed by atoms with E-state index in [9.17, 15) is 8.42 Å². The number of aromatic nitrogens is 3. The van der Waals surface area contributed by atoms with E-state index in [1.807, 2.05) is 19.1 Å². The summed E-state index contributed by atoms with van der Waals surface area (Å²) in [6, 6.07) is 12.2. The lowest BCUT2D eigenvalue weighted by atomic mass is 9.87. The molecule has 0 saturated carbocycles. The summed E-state index contributed by atoms with van der Waals surface area (Å²) < 4.78 is 31.1. The fourth-order valence-electron chi connectivity index (χ4n) is 3.98. The van der Waals surface area contributed by atoms with Gasteiger partial charge in [-0.15, -0.1) is 10.2 Å². The molecule has 1 atom stereocenters. The van der Waals surface area contributed by atoms with Gasteiger partial charge in [0, 0.05) is 17.1 Å². The van der Waals surface area contributed by atoms with E-state index >= 15 is 0 Å². The van der Waals surface area contributed by atoms with E-state index in [2.05, 4.69) is 45.6 Å². The smallest absolute Gasteiger partial charge is 0.261 e. The van der Waals surface area contributed by atoms with Crippen LogP contribution >= 0.6 is 11.6 Å². The summed E-state index contributed by atoms with van der Waals surface area (Å²) >= 11 is 6.29. The number of hydrogen-bond acceptors (Lipinski definition) is 5. The highest BCUT2D eigenvalue weighted by Gasteiger charge is 2.26. The van der Waals surface area contributed by atoms with Crippen LogP contribution in [0.2, 0.25) is 5.02 Å². The number of sulfonamides is 1. The van der Waals surface area contributed by atoms with Gasteiger partial charge in [-0.1, -0.05) is 44.5 Å². The molecular formula is C23H28ClN5O2S. The maximum atomic E-state index is 13.2. The van der Waals surface area contributed by atoms with Crippen molar-refractivity contribution in [2.24, 2.45) is 0 Å². The quantitative estimate of drug-likeness (QED) is 0.567. The zero-order valence-corrected chi connectivity index (χ0v) is 20.3. The lowest BCUT2D eigenvalue weighted by Crippen LogP contribution is -2.17. The van der Waals surface area contributed by atoms with E-state index in [1.54, 1.807) is 30.3 Å². The fraction of sp³-hybridized carbons (Fsp3) is 0.391. The molecule has 2 aromatic carbocycles. The minimum atomic E-state index is -3.81. The molecule has 0 unspecified atom stereocenters. The summed E-state index contributed by atoms with van der Waals surface area (Å²) in [5.41, 5.74) is 2.02. The van der Waals surface area contributed by atoms with Gasteiger partial charge in [0.25, 0.3) is 10.0 Å². The molecule has 1 aliphatic rings. The Labute approximate surface area is 194 Å². The van der Waals surface area contributed by atoms with Gasteiger partial charge in [-0.3, -0.25) is 4.72 Å². The van der Waals surface area contributed by atoms with Crippen molar-refractivity contribution in [3.05, 3.63) is 58.9 Å². The summed E-state index contributed by atoms with van der Waals surface area (Å²) in [6.45, 7) is 9.90. The molecule has 2 N–H and O–H groups in total. The highest BCUT2D eigenvalue weighted by atomic mass is 35.5. The Balaban J connectivity index is 1.72. The van der Waals surface area contributed by atoms with Gasteiger partial charge in [-0.25, -0.2) is 8.42 Å². The number of hydrogen-bond donors (Lipinski definition) is 2. The third-order valence-corrected chi connectivity index (χ3v) is 7.38. The van der Waals surface area contributed by atoms with E-state index in [1.165, 1.54) is 0 Å². The predicted molar refractivity (Wildman–Crippen MR) is 128 cm³/mol. The molecular weight excluding hydrogens is 446 g/mol. The molecule has 1 aromatic heterocycles. The summed E-state index contributed by atoms with van der Waals surface area (Å²) in [5.74, 6) is 1.37. The van der Waals surface area contributed by atoms with Gasteiger partial charge >= 0.3 is 0 Å². The summed E-state index contributed by atoms with van der Waals surface area (Å²) in [4.78, 5) is 0.198. The number of rotatable bonds is 5. The number of nitrogens with one attached hydrogen (secondary N) is 2. The Morgan fingerprint density at radius 1 is 1.12 bits per heavy atom. The van der Waals surface area contributed by atoms with Gasteiger partial charge in [-0.05, 0) is 61.2 Å². The zero-order chi connectivity index (χ0) is 23.1. The largest absolute Gasteiger partial charge is 0.315 e. The molecule has 32 heavy (non-hydrogen) atoms. The van der Waals surface area contributed by atoms with Crippen molar-refractivity contribution in [1.29, 1.82) is 0 Å². The first-order valence-corrected chi connectivity index (χ1v) is 12.5. The van der Waals surface area contributed by atoms with Crippen molar-refractivity contribution in [2.75, 3.05) is 17.8 Å². The van der Waals surface area contributed by atoms with Crippen LogP contribution < -0.4 is 10.0 Å². The second kappa shape index (κ2) is 8.50. The van der Waals surface area contributed by atoms with Crippen LogP contribution in [0, 0.1) is 6.92 Å².